The van der Waals surface area contributed by atoms with Gasteiger partial charge in [0.2, 0.25) is 0 Å². The molecular formula is C11H20NY. The molecule has 0 saturated carbocycles. The Morgan fingerprint density at radius 2 is 1.54 bits per heavy atom. The van der Waals surface area contributed by atoms with Crippen LogP contribution < -0.4 is 0 Å². The molecule has 1 nitrogen and oxygen atoms in total. The molecule has 0 spiro atoms. The average molecular weight is 255 g/mol. The molecule has 13 heavy (non-hydrogen) atoms. The van der Waals surface area contributed by atoms with Crippen LogP contribution in [0, 0.1) is 17.4 Å². The molecule has 0 rings (SSSR count). The molecule has 0 radical (unpaired) electrons. The number of aliphatic imine (C=N–C) groups is 1. The molecule has 0 aliphatic rings. The van der Waals surface area contributed by atoms with Gasteiger partial charge in [-0.1, -0.05) is 20.8 Å². The Kier molecular flexibility index (Phi) is 15.6. The Hall–Kier alpha value is 0.514. The van der Waals surface area contributed by atoms with Crippen molar-refractivity contribution in [3.63, 3.8) is 0 Å². The molecule has 0 bridgehead atoms. The van der Waals surface area contributed by atoms with E-state index in [2.05, 4.69) is 31.8 Å². The number of hydrogen-bond donors (Lipinski definition) is 0. The molecule has 0 N–H and O–H groups in total. The summed E-state index contributed by atoms with van der Waals surface area (Å²) in [5, 5.41) is 0. The van der Waals surface area contributed by atoms with Gasteiger partial charge in [-0.25, -0.2) is 0 Å². The first kappa shape index (κ1) is 19.1. The van der Waals surface area contributed by atoms with Gasteiger partial charge in [0.1, 0.15) is 0 Å². The van der Waals surface area contributed by atoms with Gasteiger partial charge < -0.3 is 23.2 Å². The Bertz CT molecular complexity index is 129. The molecule has 0 unspecified atom stereocenters. The van der Waals surface area contributed by atoms with Crippen LogP contribution in [-0.4, -0.2) is 6.72 Å². The normalized spacial score (nSPS) is 10.4. The van der Waals surface area contributed by atoms with Crippen molar-refractivity contribution < 1.29 is 32.7 Å². The number of allylic oxidation sites excluding steroid dienone is 1. The third-order valence-corrected chi connectivity index (χ3v) is 0.572. The molecule has 0 atom stereocenters. The van der Waals surface area contributed by atoms with Crippen molar-refractivity contribution in [1.82, 2.24) is 0 Å². The van der Waals surface area contributed by atoms with E-state index in [-0.39, 0.29) is 38.1 Å². The fourth-order valence-corrected chi connectivity index (χ4v) is 0.231. The summed E-state index contributed by atoms with van der Waals surface area (Å²) in [6.45, 7) is 17.2. The molecular weight excluding hydrogens is 235 g/mol. The molecule has 2 heteroatoms. The largest absolute Gasteiger partial charge is 3.00 e. The van der Waals surface area contributed by atoms with Gasteiger partial charge in [-0.3, -0.25) is 0 Å². The first-order chi connectivity index (χ1) is 5.29. The summed E-state index contributed by atoms with van der Waals surface area (Å²) in [5.41, 5.74) is 0.0723. The molecule has 72 valence electrons. The summed E-state index contributed by atoms with van der Waals surface area (Å²) >= 11 is 0. The van der Waals surface area contributed by atoms with Crippen LogP contribution in [0.25, 0.3) is 0 Å². The van der Waals surface area contributed by atoms with E-state index in [1.165, 1.54) is 12.1 Å². The first-order valence-electron chi connectivity index (χ1n) is 4.06. The summed E-state index contributed by atoms with van der Waals surface area (Å²) in [7, 11) is 0. The standard InChI is InChI=1S/C7H11N.C4H9.Y/c1-7(2,3)5-6-8-4;1-4(2)3;/h4,6H,1-3H3;1-3H3;/q-2;-1;+3. The maximum atomic E-state index is 4.84. The van der Waals surface area contributed by atoms with Gasteiger partial charge in [-0.15, -0.1) is 0 Å². The number of nitrogens with zero attached hydrogens (tertiary/aromatic N) is 1. The summed E-state index contributed by atoms with van der Waals surface area (Å²) in [5.74, 6) is 1.42. The van der Waals surface area contributed by atoms with Crippen molar-refractivity contribution in [2.75, 3.05) is 0 Å². The van der Waals surface area contributed by atoms with Gasteiger partial charge in [-0.2, -0.15) is 32.9 Å². The monoisotopic (exact) mass is 255 g/mol. The van der Waals surface area contributed by atoms with Crippen LogP contribution in [0.3, 0.4) is 0 Å². The van der Waals surface area contributed by atoms with Gasteiger partial charge >= 0.3 is 32.7 Å². The minimum Gasteiger partial charge on any atom is -0.578 e. The SMILES string of the molecule is C[C-](C)C.[CH-]=NC=[C-]C(C)(C)C.[Y+3]. The minimum atomic E-state index is 0. The van der Waals surface area contributed by atoms with Gasteiger partial charge in [0.25, 0.3) is 0 Å². The smallest absolute Gasteiger partial charge is 0.578 e. The van der Waals surface area contributed by atoms with Crippen molar-refractivity contribution in [2.45, 2.75) is 41.5 Å². The van der Waals surface area contributed by atoms with E-state index in [0.29, 0.717) is 0 Å². The summed E-state index contributed by atoms with van der Waals surface area (Å²) in [6.07, 6.45) is 4.44. The quantitative estimate of drug-likeness (QED) is 0.502. The van der Waals surface area contributed by atoms with E-state index in [1.54, 1.807) is 0 Å². The van der Waals surface area contributed by atoms with Crippen LogP contribution in [0.4, 0.5) is 0 Å². The molecule has 0 saturated heterocycles. The van der Waals surface area contributed by atoms with Crippen LogP contribution in [0.15, 0.2) is 11.2 Å². The van der Waals surface area contributed by atoms with Crippen molar-refractivity contribution in [1.29, 1.82) is 0 Å². The van der Waals surface area contributed by atoms with E-state index in [4.69, 9.17) is 6.72 Å². The van der Waals surface area contributed by atoms with Crippen molar-refractivity contribution in [3.05, 3.63) is 18.2 Å². The van der Waals surface area contributed by atoms with Crippen molar-refractivity contribution in [2.24, 2.45) is 10.4 Å². The van der Waals surface area contributed by atoms with Gasteiger partial charge in [0, 0.05) is 0 Å². The first-order valence-corrected chi connectivity index (χ1v) is 4.06. The van der Waals surface area contributed by atoms with Crippen molar-refractivity contribution >= 4 is 6.72 Å². The Morgan fingerprint density at radius 3 is 1.62 bits per heavy atom. The van der Waals surface area contributed by atoms with Crippen LogP contribution >= 0.6 is 0 Å². The molecule has 0 aromatic carbocycles. The second-order valence-electron chi connectivity index (χ2n) is 4.17. The van der Waals surface area contributed by atoms with E-state index >= 15 is 0 Å². The molecule has 0 fully saturated rings. The van der Waals surface area contributed by atoms with Crippen LogP contribution in [0.1, 0.15) is 41.5 Å². The average Bonchev–Trinajstić information content (AvgIpc) is 1.80. The Morgan fingerprint density at radius 1 is 1.23 bits per heavy atom. The number of rotatable bonds is 1. The molecule has 0 aliphatic heterocycles. The summed E-state index contributed by atoms with van der Waals surface area (Å²) in [4.78, 5) is 3.28. The Balaban J connectivity index is -0.000000173. The van der Waals surface area contributed by atoms with Gasteiger partial charge in [0.15, 0.2) is 0 Å². The van der Waals surface area contributed by atoms with Crippen LogP contribution in [-0.2, 0) is 32.7 Å². The minimum absolute atomic E-state index is 0. The zero-order valence-corrected chi connectivity index (χ0v) is 12.5. The van der Waals surface area contributed by atoms with Gasteiger partial charge in [0.05, 0.1) is 0 Å². The third-order valence-electron chi connectivity index (χ3n) is 0.572. The zero-order chi connectivity index (χ0) is 10.2. The van der Waals surface area contributed by atoms with E-state index in [1.807, 2.05) is 20.8 Å². The molecule has 0 aromatic heterocycles. The van der Waals surface area contributed by atoms with E-state index in [9.17, 15) is 0 Å². The predicted molar refractivity (Wildman–Crippen MR) is 56.0 cm³/mol. The molecule has 0 aliphatic carbocycles. The Labute approximate surface area is 109 Å². The van der Waals surface area contributed by atoms with Crippen LogP contribution in [0.5, 0.6) is 0 Å². The van der Waals surface area contributed by atoms with Crippen molar-refractivity contribution in [3.8, 4) is 0 Å². The summed E-state index contributed by atoms with van der Waals surface area (Å²) in [6, 6.07) is 0. The van der Waals surface area contributed by atoms with Crippen LogP contribution in [0.2, 0.25) is 0 Å². The van der Waals surface area contributed by atoms with E-state index < -0.39 is 0 Å². The zero-order valence-electron chi connectivity index (χ0n) is 9.68. The maximum absolute atomic E-state index is 4.84. The topological polar surface area (TPSA) is 12.4 Å². The fraction of sp³-hybridized carbons (Fsp3) is 0.636. The van der Waals surface area contributed by atoms with Gasteiger partial charge in [-0.05, 0) is 0 Å². The fourth-order valence-electron chi connectivity index (χ4n) is 0.231. The molecule has 0 heterocycles. The third kappa shape index (κ3) is 45.5. The predicted octanol–water partition coefficient (Wildman–Crippen LogP) is 3.55. The number of hydrogen-bond acceptors (Lipinski definition) is 1. The molecule has 0 aromatic rings. The second kappa shape index (κ2) is 10.6. The second-order valence-corrected chi connectivity index (χ2v) is 4.17. The van der Waals surface area contributed by atoms with E-state index in [0.717, 1.165) is 0 Å². The maximum Gasteiger partial charge on any atom is 3.00 e. The molecule has 0 amide bonds. The summed E-state index contributed by atoms with van der Waals surface area (Å²) < 4.78 is 0.